The first kappa shape index (κ1) is 29.5. The molecule has 0 spiro atoms. The molecule has 0 heterocycles. The number of hydrogen-bond acceptors (Lipinski definition) is 9. The predicted molar refractivity (Wildman–Crippen MR) is 148 cm³/mol. The largest absolute Gasteiger partial charge is 0.864 e. The van der Waals surface area contributed by atoms with Crippen LogP contribution in [0.1, 0.15) is 56.7 Å². The molecule has 0 bridgehead atoms. The lowest BCUT2D eigenvalue weighted by Crippen LogP contribution is -2.37. The Morgan fingerprint density at radius 2 is 0.825 bits per heavy atom. The van der Waals surface area contributed by atoms with Crippen molar-refractivity contribution in [3.05, 3.63) is 71.3 Å². The van der Waals surface area contributed by atoms with Crippen molar-refractivity contribution in [3.63, 3.8) is 0 Å². The second-order valence-electron chi connectivity index (χ2n) is 8.50. The van der Waals surface area contributed by atoms with Gasteiger partial charge in [-0.1, -0.05) is 20.8 Å². The van der Waals surface area contributed by atoms with E-state index in [1.165, 1.54) is 18.2 Å². The summed E-state index contributed by atoms with van der Waals surface area (Å²) in [5.74, 6) is 2.19. The predicted octanol–water partition coefficient (Wildman–Crippen LogP) is 6.19. The Balaban J connectivity index is 1.91. The van der Waals surface area contributed by atoms with E-state index >= 15 is 0 Å². The molecule has 10 heteroatoms. The summed E-state index contributed by atoms with van der Waals surface area (Å²) in [5.41, 5.74) is 0.870. The molecule has 0 aliphatic rings. The SMILES string of the molecule is CCCOc1ccc(OB(Oc2ccc(OCCC)c(C#N)c2)Oc2ccc(OCCC)c(C#N)c2)cc1C#N. The molecule has 0 amide bonds. The van der Waals surface area contributed by atoms with Crippen molar-refractivity contribution in [2.24, 2.45) is 0 Å². The minimum Gasteiger partial charge on any atom is -0.492 e. The molecule has 3 aromatic rings. The van der Waals surface area contributed by atoms with Crippen molar-refractivity contribution in [3.8, 4) is 52.7 Å². The van der Waals surface area contributed by atoms with E-state index < -0.39 is 7.32 Å². The Kier molecular flexibility index (Phi) is 11.4. The molecule has 0 aromatic heterocycles. The molecule has 0 radical (unpaired) electrons. The zero-order valence-electron chi connectivity index (χ0n) is 22.8. The fourth-order valence-electron chi connectivity index (χ4n) is 3.43. The van der Waals surface area contributed by atoms with Crippen LogP contribution in [0.25, 0.3) is 0 Å². The molecule has 40 heavy (non-hydrogen) atoms. The minimum atomic E-state index is -1.35. The topological polar surface area (TPSA) is 127 Å². The van der Waals surface area contributed by atoms with Gasteiger partial charge in [0.15, 0.2) is 0 Å². The van der Waals surface area contributed by atoms with Gasteiger partial charge in [0, 0.05) is 18.2 Å². The van der Waals surface area contributed by atoms with Gasteiger partial charge >= 0.3 is 7.32 Å². The fraction of sp³-hybridized carbons (Fsp3) is 0.300. The van der Waals surface area contributed by atoms with Crippen LogP contribution in [0.15, 0.2) is 54.6 Å². The highest BCUT2D eigenvalue weighted by atomic mass is 16.7. The smallest absolute Gasteiger partial charge is 0.492 e. The second kappa shape index (κ2) is 15.4. The summed E-state index contributed by atoms with van der Waals surface area (Å²) < 4.78 is 34.8. The Labute approximate surface area is 235 Å². The highest BCUT2D eigenvalue weighted by molar-refractivity contribution is 6.39. The van der Waals surface area contributed by atoms with Crippen LogP contribution in [0, 0.1) is 34.0 Å². The van der Waals surface area contributed by atoms with Crippen LogP contribution in [0.5, 0.6) is 34.5 Å². The van der Waals surface area contributed by atoms with Gasteiger partial charge in [0.1, 0.15) is 52.7 Å². The molecular weight excluding hydrogens is 509 g/mol. The second-order valence-corrected chi connectivity index (χ2v) is 8.50. The monoisotopic (exact) mass is 539 g/mol. The molecule has 0 saturated carbocycles. The van der Waals surface area contributed by atoms with Gasteiger partial charge in [-0.2, -0.15) is 15.8 Å². The van der Waals surface area contributed by atoms with Crippen LogP contribution in [0.2, 0.25) is 0 Å². The third-order valence-corrected chi connectivity index (χ3v) is 5.30. The molecular formula is C30H30BN3O6. The third kappa shape index (κ3) is 8.25. The maximum atomic E-state index is 9.60. The zero-order chi connectivity index (χ0) is 28.7. The Morgan fingerprint density at radius 3 is 1.07 bits per heavy atom. The van der Waals surface area contributed by atoms with Gasteiger partial charge in [0.05, 0.1) is 36.5 Å². The minimum absolute atomic E-state index is 0.289. The van der Waals surface area contributed by atoms with Crippen LogP contribution in [-0.4, -0.2) is 27.1 Å². The maximum Gasteiger partial charge on any atom is 0.864 e. The van der Waals surface area contributed by atoms with Crippen LogP contribution in [0.3, 0.4) is 0 Å². The van der Waals surface area contributed by atoms with Crippen molar-refractivity contribution < 1.29 is 28.2 Å². The average molecular weight is 539 g/mol. The highest BCUT2D eigenvalue weighted by Crippen LogP contribution is 2.29. The summed E-state index contributed by atoms with van der Waals surface area (Å²) in [6.45, 7) is 7.35. The maximum absolute atomic E-state index is 9.60. The molecule has 0 aliphatic carbocycles. The van der Waals surface area contributed by atoms with Crippen LogP contribution >= 0.6 is 0 Å². The average Bonchev–Trinajstić information content (AvgIpc) is 2.98. The van der Waals surface area contributed by atoms with E-state index in [2.05, 4.69) is 18.2 Å². The zero-order valence-corrected chi connectivity index (χ0v) is 22.8. The van der Waals surface area contributed by atoms with E-state index in [0.717, 1.165) is 19.3 Å². The number of nitrogens with zero attached hydrogens (tertiary/aromatic N) is 3. The van der Waals surface area contributed by atoms with Crippen molar-refractivity contribution in [2.75, 3.05) is 19.8 Å². The van der Waals surface area contributed by atoms with Crippen LogP contribution < -0.4 is 28.2 Å². The Hall–Kier alpha value is -5.01. The lowest BCUT2D eigenvalue weighted by atomic mass is 10.1. The molecule has 0 unspecified atom stereocenters. The normalized spacial score (nSPS) is 9.90. The van der Waals surface area contributed by atoms with Gasteiger partial charge in [-0.25, -0.2) is 0 Å². The Morgan fingerprint density at radius 1 is 0.525 bits per heavy atom. The van der Waals surface area contributed by atoms with E-state index in [4.69, 9.17) is 28.2 Å². The molecule has 3 aromatic carbocycles. The van der Waals surface area contributed by atoms with E-state index in [-0.39, 0.29) is 33.9 Å². The molecule has 3 rings (SSSR count). The first-order valence-electron chi connectivity index (χ1n) is 13.1. The van der Waals surface area contributed by atoms with E-state index in [9.17, 15) is 15.8 Å². The quantitative estimate of drug-likeness (QED) is 0.208. The number of rotatable bonds is 15. The number of hydrogen-bond donors (Lipinski definition) is 0. The van der Waals surface area contributed by atoms with E-state index in [0.29, 0.717) is 37.1 Å². The summed E-state index contributed by atoms with van der Waals surface area (Å²) in [7, 11) is -1.35. The first-order chi connectivity index (χ1) is 19.5. The van der Waals surface area contributed by atoms with Crippen molar-refractivity contribution in [2.45, 2.75) is 40.0 Å². The van der Waals surface area contributed by atoms with Gasteiger partial charge in [0.25, 0.3) is 0 Å². The summed E-state index contributed by atoms with van der Waals surface area (Å²) in [6.07, 6.45) is 2.40. The number of ether oxygens (including phenoxy) is 3. The summed E-state index contributed by atoms with van der Waals surface area (Å²) in [5, 5.41) is 28.8. The molecule has 0 aliphatic heterocycles. The van der Waals surface area contributed by atoms with Crippen molar-refractivity contribution >= 4 is 7.32 Å². The van der Waals surface area contributed by atoms with Crippen LogP contribution in [0.4, 0.5) is 0 Å². The fourth-order valence-corrected chi connectivity index (χ4v) is 3.43. The van der Waals surface area contributed by atoms with Gasteiger partial charge < -0.3 is 28.2 Å². The van der Waals surface area contributed by atoms with Crippen molar-refractivity contribution in [1.29, 1.82) is 15.8 Å². The number of benzene rings is 3. The van der Waals surface area contributed by atoms with Crippen LogP contribution in [-0.2, 0) is 0 Å². The summed E-state index contributed by atoms with van der Waals surface area (Å²) in [4.78, 5) is 0. The molecule has 0 saturated heterocycles. The molecule has 0 fully saturated rings. The molecule has 9 nitrogen and oxygen atoms in total. The standard InChI is InChI=1S/C30H30BN3O6/c1-4-13-35-28-10-7-25(16-22(28)19-32)38-31(39-26-8-11-29(36-14-5-2)23(17-26)20-33)40-27-9-12-30(37-15-6-3)24(18-27)21-34/h7-12,16-18H,4-6,13-15H2,1-3H3. The van der Waals surface area contributed by atoms with Gasteiger partial charge in [-0.3, -0.25) is 0 Å². The summed E-state index contributed by atoms with van der Waals surface area (Å²) >= 11 is 0. The van der Waals surface area contributed by atoms with Gasteiger partial charge in [0.2, 0.25) is 0 Å². The first-order valence-corrected chi connectivity index (χ1v) is 13.1. The molecule has 204 valence electrons. The molecule has 0 N–H and O–H groups in total. The van der Waals surface area contributed by atoms with E-state index in [1.807, 2.05) is 20.8 Å². The van der Waals surface area contributed by atoms with Crippen molar-refractivity contribution in [1.82, 2.24) is 0 Å². The highest BCUT2D eigenvalue weighted by Gasteiger charge is 2.31. The molecule has 0 atom stereocenters. The van der Waals surface area contributed by atoms with Gasteiger partial charge in [-0.15, -0.1) is 0 Å². The third-order valence-electron chi connectivity index (χ3n) is 5.30. The number of nitriles is 3. The van der Waals surface area contributed by atoms with E-state index in [1.54, 1.807) is 36.4 Å². The van der Waals surface area contributed by atoms with Gasteiger partial charge in [-0.05, 0) is 55.7 Å². The lowest BCUT2D eigenvalue weighted by Gasteiger charge is -2.18. The Bertz CT molecular complexity index is 1240. The summed E-state index contributed by atoms with van der Waals surface area (Å²) in [6, 6.07) is 20.7. The lowest BCUT2D eigenvalue weighted by molar-refractivity contribution is 0.300.